The van der Waals surface area contributed by atoms with Crippen molar-refractivity contribution in [3.8, 4) is 11.6 Å². The largest absolute Gasteiger partial charge is 0.461 e. The third-order valence-electron chi connectivity index (χ3n) is 6.40. The van der Waals surface area contributed by atoms with Crippen molar-refractivity contribution in [1.82, 2.24) is 4.98 Å². The Labute approximate surface area is 294 Å². The SMILES string of the molecule is C=CCc1ccccc1Oc1nc(C(=O)OCCCC(=O)OCc2ccccc2)c(N(C(=O)OC(C)(C)C)C(=O)OC(C)(C)C)cc1C(F)(F)F. The molecule has 2 aromatic carbocycles. The fourth-order valence-corrected chi connectivity index (χ4v) is 4.27. The van der Waals surface area contributed by atoms with Crippen molar-refractivity contribution in [3.63, 3.8) is 0 Å². The quantitative estimate of drug-likeness (QED) is 0.0775. The molecule has 0 saturated carbocycles. The Morgan fingerprint density at radius 3 is 2.00 bits per heavy atom. The summed E-state index contributed by atoms with van der Waals surface area (Å²) in [5.74, 6) is -3.00. The second-order valence-electron chi connectivity index (χ2n) is 13.1. The van der Waals surface area contributed by atoms with Crippen molar-refractivity contribution in [1.29, 1.82) is 0 Å². The van der Waals surface area contributed by atoms with E-state index in [9.17, 15) is 32.3 Å². The number of hydrogen-bond acceptors (Lipinski definition) is 10. The van der Waals surface area contributed by atoms with E-state index in [2.05, 4.69) is 11.6 Å². The van der Waals surface area contributed by atoms with Crippen LogP contribution in [0, 0.1) is 0 Å². The number of carbonyl (C=O) groups excluding carboxylic acids is 4. The normalized spacial score (nSPS) is 11.6. The van der Waals surface area contributed by atoms with Gasteiger partial charge in [-0.05, 0) is 77.6 Å². The smallest absolute Gasteiger partial charge is 0.424 e. The van der Waals surface area contributed by atoms with Crippen LogP contribution in [0.1, 0.15) is 81.6 Å². The number of alkyl halides is 3. The van der Waals surface area contributed by atoms with E-state index in [1.807, 2.05) is 6.07 Å². The van der Waals surface area contributed by atoms with Crippen LogP contribution in [-0.2, 0) is 42.9 Å². The van der Waals surface area contributed by atoms with Gasteiger partial charge in [0, 0.05) is 6.42 Å². The zero-order valence-electron chi connectivity index (χ0n) is 29.3. The van der Waals surface area contributed by atoms with E-state index in [0.717, 1.165) is 5.56 Å². The van der Waals surface area contributed by atoms with E-state index in [1.54, 1.807) is 36.4 Å². The predicted molar refractivity (Wildman–Crippen MR) is 180 cm³/mol. The summed E-state index contributed by atoms with van der Waals surface area (Å²) in [5.41, 5.74) is -4.61. The second-order valence-corrected chi connectivity index (χ2v) is 13.1. The minimum absolute atomic E-state index is 0.0207. The number of esters is 2. The molecular weight excluding hydrogens is 673 g/mol. The van der Waals surface area contributed by atoms with Crippen molar-refractivity contribution in [3.05, 3.63) is 95.7 Å². The molecule has 0 aliphatic heterocycles. The summed E-state index contributed by atoms with van der Waals surface area (Å²) >= 11 is 0. The van der Waals surface area contributed by atoms with E-state index < -0.39 is 70.9 Å². The molecule has 0 bridgehead atoms. The van der Waals surface area contributed by atoms with Crippen molar-refractivity contribution < 1.29 is 56.0 Å². The number of hydrogen-bond donors (Lipinski definition) is 0. The minimum atomic E-state index is -5.17. The van der Waals surface area contributed by atoms with Gasteiger partial charge in [0.1, 0.15) is 29.1 Å². The number of pyridine rings is 1. The highest BCUT2D eigenvalue weighted by Crippen LogP contribution is 2.41. The van der Waals surface area contributed by atoms with Gasteiger partial charge in [-0.1, -0.05) is 54.6 Å². The van der Waals surface area contributed by atoms with Gasteiger partial charge in [-0.2, -0.15) is 18.1 Å². The van der Waals surface area contributed by atoms with Crippen LogP contribution < -0.4 is 9.64 Å². The minimum Gasteiger partial charge on any atom is -0.461 e. The fraction of sp³-hybridized carbons (Fsp3) is 0.378. The van der Waals surface area contributed by atoms with E-state index >= 15 is 0 Å². The zero-order chi connectivity index (χ0) is 38.0. The molecule has 51 heavy (non-hydrogen) atoms. The summed E-state index contributed by atoms with van der Waals surface area (Å²) in [6, 6.07) is 15.5. The van der Waals surface area contributed by atoms with Crippen LogP contribution in [0.15, 0.2) is 73.3 Å². The number of aromatic nitrogens is 1. The molecule has 0 N–H and O–H groups in total. The highest BCUT2D eigenvalue weighted by Gasteiger charge is 2.42. The van der Waals surface area contributed by atoms with Crippen molar-refractivity contribution in [2.24, 2.45) is 0 Å². The molecule has 3 aromatic rings. The third-order valence-corrected chi connectivity index (χ3v) is 6.40. The standard InChI is InChI=1S/C37H41F3N2O9/c1-8-15-25-18-12-13-19-28(25)49-31-26(37(38,39)40)22-27(42(33(45)50-35(2,3)4)34(46)51-36(5,6)7)30(41-31)32(44)47-21-14-20-29(43)48-23-24-16-10-9-11-17-24/h8-13,16-19,22H,1,14-15,20-21,23H2,2-7H3. The zero-order valence-corrected chi connectivity index (χ0v) is 29.3. The highest BCUT2D eigenvalue weighted by atomic mass is 19.4. The van der Waals surface area contributed by atoms with E-state index in [0.29, 0.717) is 11.6 Å². The van der Waals surface area contributed by atoms with Gasteiger partial charge < -0.3 is 23.7 Å². The number of anilines is 1. The Kier molecular flexibility index (Phi) is 13.4. The monoisotopic (exact) mass is 714 g/mol. The Morgan fingerprint density at radius 2 is 1.43 bits per heavy atom. The fourth-order valence-electron chi connectivity index (χ4n) is 4.27. The van der Waals surface area contributed by atoms with Gasteiger partial charge in [0.05, 0.1) is 12.3 Å². The molecule has 14 heteroatoms. The molecule has 0 fully saturated rings. The number of amides is 2. The Balaban J connectivity index is 2.07. The third kappa shape index (κ3) is 12.5. The molecule has 0 aliphatic carbocycles. The molecule has 0 radical (unpaired) electrons. The number of rotatable bonds is 12. The van der Waals surface area contributed by atoms with Gasteiger partial charge in [0.2, 0.25) is 5.88 Å². The lowest BCUT2D eigenvalue weighted by Gasteiger charge is -2.29. The lowest BCUT2D eigenvalue weighted by Crippen LogP contribution is -2.44. The van der Waals surface area contributed by atoms with Gasteiger partial charge >= 0.3 is 30.3 Å². The summed E-state index contributed by atoms with van der Waals surface area (Å²) in [4.78, 5) is 56.8. The number of carbonyl (C=O) groups is 4. The molecule has 0 unspecified atom stereocenters. The van der Waals surface area contributed by atoms with Crippen molar-refractivity contribution >= 4 is 29.8 Å². The Morgan fingerprint density at radius 1 is 0.843 bits per heavy atom. The number of ether oxygens (including phenoxy) is 5. The van der Waals surface area contributed by atoms with Gasteiger partial charge in [0.25, 0.3) is 0 Å². The second kappa shape index (κ2) is 17.0. The number of benzene rings is 2. The van der Waals surface area contributed by atoms with Gasteiger partial charge in [-0.15, -0.1) is 6.58 Å². The number of para-hydroxylation sites is 1. The summed E-state index contributed by atoms with van der Waals surface area (Å²) < 4.78 is 70.8. The maximum absolute atomic E-state index is 14.7. The number of nitrogens with zero attached hydrogens (tertiary/aromatic N) is 2. The van der Waals surface area contributed by atoms with E-state index in [-0.39, 0.29) is 36.5 Å². The van der Waals surface area contributed by atoms with Crippen LogP contribution in [0.3, 0.4) is 0 Å². The van der Waals surface area contributed by atoms with Crippen LogP contribution in [0.2, 0.25) is 0 Å². The topological polar surface area (TPSA) is 131 Å². The first-order valence-corrected chi connectivity index (χ1v) is 15.9. The lowest BCUT2D eigenvalue weighted by molar-refractivity contribution is -0.145. The highest BCUT2D eigenvalue weighted by molar-refractivity contribution is 6.13. The van der Waals surface area contributed by atoms with Crippen LogP contribution >= 0.6 is 0 Å². The summed E-state index contributed by atoms with van der Waals surface area (Å²) in [7, 11) is 0. The van der Waals surface area contributed by atoms with Gasteiger partial charge in [-0.25, -0.2) is 19.4 Å². The lowest BCUT2D eigenvalue weighted by atomic mass is 10.1. The number of halogens is 3. The maximum atomic E-state index is 14.7. The molecule has 1 aromatic heterocycles. The van der Waals surface area contributed by atoms with Crippen LogP contribution in [0.4, 0.5) is 28.4 Å². The molecule has 2 amide bonds. The van der Waals surface area contributed by atoms with E-state index in [4.69, 9.17) is 23.7 Å². The first-order chi connectivity index (χ1) is 23.8. The average molecular weight is 715 g/mol. The summed E-state index contributed by atoms with van der Waals surface area (Å²) in [6.07, 6.45) is -6.52. The van der Waals surface area contributed by atoms with Crippen molar-refractivity contribution in [2.75, 3.05) is 11.5 Å². The van der Waals surface area contributed by atoms with E-state index in [1.165, 1.54) is 59.8 Å². The maximum Gasteiger partial charge on any atom is 0.424 e. The summed E-state index contributed by atoms with van der Waals surface area (Å²) in [5, 5.41) is 0. The first kappa shape index (κ1) is 40.0. The molecule has 0 aliphatic rings. The molecule has 1 heterocycles. The molecule has 274 valence electrons. The molecule has 0 spiro atoms. The number of allylic oxidation sites excluding steroid dienone is 1. The van der Waals surface area contributed by atoms with Crippen LogP contribution in [0.25, 0.3) is 0 Å². The first-order valence-electron chi connectivity index (χ1n) is 15.9. The Bertz CT molecular complexity index is 1680. The predicted octanol–water partition coefficient (Wildman–Crippen LogP) is 8.98. The van der Waals surface area contributed by atoms with Crippen LogP contribution in [0.5, 0.6) is 11.6 Å². The van der Waals surface area contributed by atoms with Gasteiger partial charge in [-0.3, -0.25) is 4.79 Å². The molecule has 0 atom stereocenters. The Hall–Kier alpha value is -5.40. The van der Waals surface area contributed by atoms with Crippen molar-refractivity contribution in [2.45, 2.75) is 84.8 Å². The van der Waals surface area contributed by atoms with Gasteiger partial charge in [0.15, 0.2) is 5.69 Å². The van der Waals surface area contributed by atoms with Crippen LogP contribution in [-0.4, -0.2) is 46.9 Å². The average Bonchev–Trinajstić information content (AvgIpc) is 3.01. The molecule has 0 saturated heterocycles. The molecule has 11 nitrogen and oxygen atoms in total. The number of imide groups is 1. The molecular formula is C37H41F3N2O9. The summed E-state index contributed by atoms with van der Waals surface area (Å²) in [6.45, 7) is 12.1. The molecule has 3 rings (SSSR count).